The second kappa shape index (κ2) is 9.34. The van der Waals surface area contributed by atoms with Gasteiger partial charge in [-0.15, -0.1) is 0 Å². The van der Waals surface area contributed by atoms with E-state index in [4.69, 9.17) is 14.2 Å². The molecule has 0 saturated heterocycles. The van der Waals surface area contributed by atoms with E-state index in [1.807, 2.05) is 27.7 Å². The lowest BCUT2D eigenvalue weighted by Gasteiger charge is -2.19. The SMILES string of the molecule is CC(C)COCC(C)OCC(C)OC(=O)C(C)C. The number of carbonyl (C=O) groups excluding carboxylic acids is 1. The molecule has 0 spiro atoms. The van der Waals surface area contributed by atoms with Gasteiger partial charge in [0.05, 0.1) is 25.2 Å². The molecule has 0 aliphatic carbocycles. The molecule has 0 aliphatic heterocycles. The zero-order valence-electron chi connectivity index (χ0n) is 12.6. The van der Waals surface area contributed by atoms with E-state index in [9.17, 15) is 4.79 Å². The second-order valence-electron chi connectivity index (χ2n) is 5.48. The molecule has 0 bridgehead atoms. The van der Waals surface area contributed by atoms with E-state index in [1.54, 1.807) is 0 Å². The molecule has 0 N–H and O–H groups in total. The Morgan fingerprint density at radius 1 is 0.889 bits per heavy atom. The Balaban J connectivity index is 3.65. The van der Waals surface area contributed by atoms with Crippen LogP contribution in [0, 0.1) is 11.8 Å². The summed E-state index contributed by atoms with van der Waals surface area (Å²) < 4.78 is 16.2. The third kappa shape index (κ3) is 9.42. The van der Waals surface area contributed by atoms with Crippen molar-refractivity contribution in [3.05, 3.63) is 0 Å². The van der Waals surface area contributed by atoms with Gasteiger partial charge < -0.3 is 14.2 Å². The van der Waals surface area contributed by atoms with Crippen LogP contribution in [0.5, 0.6) is 0 Å². The number of carbonyl (C=O) groups is 1. The molecule has 4 heteroatoms. The minimum atomic E-state index is -0.215. The highest BCUT2D eigenvalue weighted by molar-refractivity contribution is 5.71. The smallest absolute Gasteiger partial charge is 0.308 e. The molecule has 0 radical (unpaired) electrons. The van der Waals surface area contributed by atoms with Gasteiger partial charge in [0.1, 0.15) is 6.10 Å². The molecule has 108 valence electrons. The van der Waals surface area contributed by atoms with Crippen LogP contribution in [0.2, 0.25) is 0 Å². The lowest BCUT2D eigenvalue weighted by Crippen LogP contribution is -2.27. The van der Waals surface area contributed by atoms with E-state index in [-0.39, 0.29) is 24.1 Å². The van der Waals surface area contributed by atoms with Crippen molar-refractivity contribution in [3.63, 3.8) is 0 Å². The third-order valence-corrected chi connectivity index (χ3v) is 2.21. The van der Waals surface area contributed by atoms with Crippen LogP contribution < -0.4 is 0 Å². The summed E-state index contributed by atoms with van der Waals surface area (Å²) in [6, 6.07) is 0. The van der Waals surface area contributed by atoms with Gasteiger partial charge in [-0.1, -0.05) is 27.7 Å². The molecule has 4 nitrogen and oxygen atoms in total. The average molecular weight is 260 g/mol. The van der Waals surface area contributed by atoms with Crippen molar-refractivity contribution in [1.29, 1.82) is 0 Å². The Hall–Kier alpha value is -0.610. The van der Waals surface area contributed by atoms with Gasteiger partial charge in [0.25, 0.3) is 0 Å². The normalized spacial score (nSPS) is 14.9. The van der Waals surface area contributed by atoms with Gasteiger partial charge in [0.15, 0.2) is 0 Å². The van der Waals surface area contributed by atoms with Crippen molar-refractivity contribution in [2.24, 2.45) is 11.8 Å². The highest BCUT2D eigenvalue weighted by Gasteiger charge is 2.14. The zero-order chi connectivity index (χ0) is 14.1. The lowest BCUT2D eigenvalue weighted by atomic mass is 10.2. The first kappa shape index (κ1) is 17.4. The summed E-state index contributed by atoms with van der Waals surface area (Å²) in [5.74, 6) is 0.247. The minimum absolute atomic E-state index is 0.0175. The van der Waals surface area contributed by atoms with Gasteiger partial charge in [-0.2, -0.15) is 0 Å². The topological polar surface area (TPSA) is 44.8 Å². The van der Waals surface area contributed by atoms with E-state index in [0.29, 0.717) is 19.1 Å². The van der Waals surface area contributed by atoms with Crippen LogP contribution in [0.25, 0.3) is 0 Å². The summed E-state index contributed by atoms with van der Waals surface area (Å²) in [6.07, 6.45) is -0.198. The monoisotopic (exact) mass is 260 g/mol. The number of hydrogen-bond donors (Lipinski definition) is 0. The average Bonchev–Trinajstić information content (AvgIpc) is 2.25. The molecule has 0 rings (SSSR count). The molecular weight excluding hydrogens is 232 g/mol. The molecule has 0 aromatic rings. The highest BCUT2D eigenvalue weighted by Crippen LogP contribution is 2.03. The van der Waals surface area contributed by atoms with Crippen LogP contribution in [-0.4, -0.2) is 38.0 Å². The largest absolute Gasteiger partial charge is 0.460 e. The van der Waals surface area contributed by atoms with Crippen molar-refractivity contribution < 1.29 is 19.0 Å². The van der Waals surface area contributed by atoms with E-state index in [0.717, 1.165) is 6.61 Å². The summed E-state index contributed by atoms with van der Waals surface area (Å²) >= 11 is 0. The molecule has 0 heterocycles. The molecule has 18 heavy (non-hydrogen) atoms. The maximum absolute atomic E-state index is 11.3. The molecule has 0 aromatic carbocycles. The first-order valence-electron chi connectivity index (χ1n) is 6.72. The number of hydrogen-bond acceptors (Lipinski definition) is 4. The lowest BCUT2D eigenvalue weighted by molar-refractivity contribution is -0.156. The Morgan fingerprint density at radius 2 is 1.50 bits per heavy atom. The maximum Gasteiger partial charge on any atom is 0.308 e. The Labute approximate surface area is 111 Å². The minimum Gasteiger partial charge on any atom is -0.460 e. The van der Waals surface area contributed by atoms with Crippen LogP contribution in [0.3, 0.4) is 0 Å². The first-order valence-corrected chi connectivity index (χ1v) is 6.72. The van der Waals surface area contributed by atoms with Gasteiger partial charge >= 0.3 is 5.97 Å². The van der Waals surface area contributed by atoms with Gasteiger partial charge in [-0.25, -0.2) is 0 Å². The van der Waals surface area contributed by atoms with Gasteiger partial charge in [-0.3, -0.25) is 4.79 Å². The van der Waals surface area contributed by atoms with Crippen LogP contribution in [0.4, 0.5) is 0 Å². The van der Waals surface area contributed by atoms with Crippen molar-refractivity contribution >= 4 is 5.97 Å². The Kier molecular flexibility index (Phi) is 9.02. The fourth-order valence-electron chi connectivity index (χ4n) is 1.19. The van der Waals surface area contributed by atoms with Gasteiger partial charge in [0, 0.05) is 6.61 Å². The predicted molar refractivity (Wildman–Crippen MR) is 71.5 cm³/mol. The molecular formula is C14H28O4. The highest BCUT2D eigenvalue weighted by atomic mass is 16.6. The van der Waals surface area contributed by atoms with Crippen molar-refractivity contribution in [1.82, 2.24) is 0 Å². The molecule has 0 saturated carbocycles. The van der Waals surface area contributed by atoms with Crippen LogP contribution >= 0.6 is 0 Å². The molecule has 0 fully saturated rings. The van der Waals surface area contributed by atoms with E-state index < -0.39 is 0 Å². The fourth-order valence-corrected chi connectivity index (χ4v) is 1.19. The summed E-state index contributed by atoms with van der Waals surface area (Å²) in [5.41, 5.74) is 0. The van der Waals surface area contributed by atoms with Crippen LogP contribution in [0.15, 0.2) is 0 Å². The summed E-state index contributed by atoms with van der Waals surface area (Å²) in [7, 11) is 0. The summed E-state index contributed by atoms with van der Waals surface area (Å²) in [5, 5.41) is 0. The summed E-state index contributed by atoms with van der Waals surface area (Å²) in [6.45, 7) is 13.4. The van der Waals surface area contributed by atoms with Gasteiger partial charge in [0.2, 0.25) is 0 Å². The van der Waals surface area contributed by atoms with Crippen LogP contribution in [0.1, 0.15) is 41.5 Å². The van der Waals surface area contributed by atoms with E-state index in [2.05, 4.69) is 13.8 Å². The van der Waals surface area contributed by atoms with Crippen LogP contribution in [-0.2, 0) is 19.0 Å². The van der Waals surface area contributed by atoms with Crippen molar-refractivity contribution in [2.75, 3.05) is 19.8 Å². The van der Waals surface area contributed by atoms with Crippen molar-refractivity contribution in [2.45, 2.75) is 53.8 Å². The Morgan fingerprint density at radius 3 is 2.00 bits per heavy atom. The standard InChI is InChI=1S/C14H28O4/c1-10(2)7-16-8-12(5)17-9-13(6)18-14(15)11(3)4/h10-13H,7-9H2,1-6H3. The number of esters is 1. The van der Waals surface area contributed by atoms with Gasteiger partial charge in [-0.05, 0) is 19.8 Å². The molecule has 0 aliphatic rings. The van der Waals surface area contributed by atoms with Crippen molar-refractivity contribution in [3.8, 4) is 0 Å². The number of rotatable bonds is 9. The first-order chi connectivity index (χ1) is 8.32. The molecule has 0 amide bonds. The van der Waals surface area contributed by atoms with E-state index >= 15 is 0 Å². The number of ether oxygens (including phenoxy) is 3. The predicted octanol–water partition coefficient (Wildman–Crippen LogP) is 2.65. The second-order valence-corrected chi connectivity index (χ2v) is 5.48. The fraction of sp³-hybridized carbons (Fsp3) is 0.929. The maximum atomic E-state index is 11.3. The third-order valence-electron chi connectivity index (χ3n) is 2.21. The molecule has 2 atom stereocenters. The summed E-state index contributed by atoms with van der Waals surface area (Å²) in [4.78, 5) is 11.3. The Bertz CT molecular complexity index is 226. The van der Waals surface area contributed by atoms with E-state index in [1.165, 1.54) is 0 Å². The molecule has 0 aromatic heterocycles. The quantitative estimate of drug-likeness (QED) is 0.598. The zero-order valence-corrected chi connectivity index (χ0v) is 12.6. The molecule has 2 unspecified atom stereocenters.